The van der Waals surface area contributed by atoms with E-state index in [1.165, 1.54) is 9.80 Å². The molecule has 25 heavy (non-hydrogen) atoms. The third-order valence-corrected chi connectivity index (χ3v) is 4.53. The van der Waals surface area contributed by atoms with Crippen LogP contribution in [-0.4, -0.2) is 58.8 Å². The monoisotopic (exact) mass is 352 g/mol. The van der Waals surface area contributed by atoms with Crippen LogP contribution in [0.25, 0.3) is 0 Å². The van der Waals surface area contributed by atoms with E-state index < -0.39 is 0 Å². The van der Waals surface area contributed by atoms with E-state index in [1.54, 1.807) is 0 Å². The first kappa shape index (κ1) is 19.2. The van der Waals surface area contributed by atoms with Crippen LogP contribution >= 0.6 is 0 Å². The molecule has 2 heterocycles. The van der Waals surface area contributed by atoms with Crippen LogP contribution in [0.5, 0.6) is 0 Å². The van der Waals surface area contributed by atoms with Crippen molar-refractivity contribution in [2.75, 3.05) is 13.1 Å². The summed E-state index contributed by atoms with van der Waals surface area (Å²) in [5.74, 6) is -0.239. The van der Waals surface area contributed by atoms with Gasteiger partial charge in [0.05, 0.1) is 13.1 Å². The zero-order valence-corrected chi connectivity index (χ0v) is 15.0. The maximum absolute atomic E-state index is 12.0. The van der Waals surface area contributed by atoms with E-state index in [-0.39, 0.29) is 36.0 Å². The van der Waals surface area contributed by atoms with E-state index >= 15 is 0 Å². The van der Waals surface area contributed by atoms with Crippen LogP contribution in [0.15, 0.2) is 0 Å². The fraction of sp³-hybridized carbons (Fsp3) is 0.765. The Morgan fingerprint density at radius 1 is 0.800 bits per heavy atom. The number of hydrogen-bond donors (Lipinski definition) is 2. The lowest BCUT2D eigenvalue weighted by Crippen LogP contribution is -2.34. The number of carbonyl (C=O) groups is 4. The summed E-state index contributed by atoms with van der Waals surface area (Å²) < 4.78 is 0. The highest BCUT2D eigenvalue weighted by molar-refractivity contribution is 5.96. The normalized spacial score (nSPS) is 23.0. The number of carbonyl (C=O) groups excluding carboxylic acids is 4. The molecule has 0 saturated carbocycles. The molecule has 0 radical (unpaired) electrons. The molecule has 0 aromatic carbocycles. The summed E-state index contributed by atoms with van der Waals surface area (Å²) in [7, 11) is 0. The standard InChI is InChI=1S/C17H28N4O4/c1-12-10-20(16(24)18-12)14(22)8-6-4-3-5-7-9-15(23)21-11-13(2)19-17(21)25/h12-13H,3-11H2,1-2H3,(H,18,24)(H,19,25). The Bertz CT molecular complexity index is 491. The molecular formula is C17H28N4O4. The number of rotatable bonds is 8. The SMILES string of the molecule is CC1CN(C(=O)CCCCCCCC(=O)N2CC(C)NC2=O)C(=O)N1. The quantitative estimate of drug-likeness (QED) is 0.648. The van der Waals surface area contributed by atoms with Crippen LogP contribution < -0.4 is 10.6 Å². The molecule has 8 nitrogen and oxygen atoms in total. The van der Waals surface area contributed by atoms with Crippen molar-refractivity contribution in [2.45, 2.75) is 70.9 Å². The average molecular weight is 352 g/mol. The fourth-order valence-electron chi connectivity index (χ4n) is 3.17. The molecule has 2 aliphatic heterocycles. The number of nitrogens with one attached hydrogen (secondary N) is 2. The summed E-state index contributed by atoms with van der Waals surface area (Å²) in [6.45, 7) is 4.64. The van der Waals surface area contributed by atoms with E-state index in [0.717, 1.165) is 32.1 Å². The highest BCUT2D eigenvalue weighted by Gasteiger charge is 2.31. The summed E-state index contributed by atoms with van der Waals surface area (Å²) in [6, 6.07) is -0.545. The Hall–Kier alpha value is -2.12. The van der Waals surface area contributed by atoms with Crippen molar-refractivity contribution in [1.82, 2.24) is 20.4 Å². The van der Waals surface area contributed by atoms with E-state index in [1.807, 2.05) is 13.8 Å². The molecule has 0 aromatic heterocycles. The molecule has 2 N–H and O–H groups in total. The second-order valence-corrected chi connectivity index (χ2v) is 6.98. The predicted molar refractivity (Wildman–Crippen MR) is 91.7 cm³/mol. The van der Waals surface area contributed by atoms with E-state index in [9.17, 15) is 19.2 Å². The van der Waals surface area contributed by atoms with Crippen molar-refractivity contribution < 1.29 is 19.2 Å². The van der Waals surface area contributed by atoms with Crippen LogP contribution in [-0.2, 0) is 9.59 Å². The second-order valence-electron chi connectivity index (χ2n) is 6.98. The fourth-order valence-corrected chi connectivity index (χ4v) is 3.17. The van der Waals surface area contributed by atoms with E-state index in [0.29, 0.717) is 25.9 Å². The molecule has 2 fully saturated rings. The lowest BCUT2D eigenvalue weighted by molar-refractivity contribution is -0.128. The number of urea groups is 2. The molecule has 2 aliphatic rings. The second kappa shape index (κ2) is 8.82. The first-order valence-corrected chi connectivity index (χ1v) is 9.10. The van der Waals surface area contributed by atoms with Gasteiger partial charge in [0.25, 0.3) is 0 Å². The third-order valence-electron chi connectivity index (χ3n) is 4.53. The van der Waals surface area contributed by atoms with Crippen LogP contribution in [0.1, 0.15) is 58.8 Å². The number of nitrogens with zero attached hydrogens (tertiary/aromatic N) is 2. The van der Waals surface area contributed by atoms with Crippen LogP contribution in [0.2, 0.25) is 0 Å². The number of unbranched alkanes of at least 4 members (excludes halogenated alkanes) is 4. The Morgan fingerprint density at radius 3 is 1.48 bits per heavy atom. The Balaban J connectivity index is 1.51. The van der Waals surface area contributed by atoms with Gasteiger partial charge in [-0.05, 0) is 26.7 Å². The van der Waals surface area contributed by atoms with Gasteiger partial charge in [-0.1, -0.05) is 19.3 Å². The molecule has 0 aliphatic carbocycles. The van der Waals surface area contributed by atoms with Gasteiger partial charge in [-0.3, -0.25) is 19.4 Å². The molecular weight excluding hydrogens is 324 g/mol. The van der Waals surface area contributed by atoms with Crippen molar-refractivity contribution in [3.8, 4) is 0 Å². The summed E-state index contributed by atoms with van der Waals surface area (Å²) in [4.78, 5) is 49.6. The van der Waals surface area contributed by atoms with E-state index in [2.05, 4.69) is 10.6 Å². The topological polar surface area (TPSA) is 98.8 Å². The molecule has 2 unspecified atom stereocenters. The minimum Gasteiger partial charge on any atom is -0.333 e. The molecule has 0 spiro atoms. The highest BCUT2D eigenvalue weighted by Crippen LogP contribution is 2.13. The predicted octanol–water partition coefficient (Wildman–Crippen LogP) is 1.60. The van der Waals surface area contributed by atoms with Gasteiger partial charge in [-0.2, -0.15) is 0 Å². The minimum atomic E-state index is -0.295. The molecule has 0 aromatic rings. The van der Waals surface area contributed by atoms with Gasteiger partial charge in [0.1, 0.15) is 0 Å². The zero-order chi connectivity index (χ0) is 18.4. The number of imide groups is 2. The molecule has 2 rings (SSSR count). The maximum Gasteiger partial charge on any atom is 0.324 e. The van der Waals surface area contributed by atoms with Gasteiger partial charge in [0.15, 0.2) is 0 Å². The average Bonchev–Trinajstić information content (AvgIpc) is 3.06. The van der Waals surface area contributed by atoms with Crippen molar-refractivity contribution in [2.24, 2.45) is 0 Å². The summed E-state index contributed by atoms with van der Waals surface area (Å²) in [5, 5.41) is 5.41. The van der Waals surface area contributed by atoms with Gasteiger partial charge < -0.3 is 10.6 Å². The molecule has 2 atom stereocenters. The smallest absolute Gasteiger partial charge is 0.324 e. The van der Waals surface area contributed by atoms with Gasteiger partial charge >= 0.3 is 12.1 Å². The van der Waals surface area contributed by atoms with Gasteiger partial charge in [0, 0.05) is 24.9 Å². The van der Waals surface area contributed by atoms with Crippen molar-refractivity contribution in [1.29, 1.82) is 0 Å². The minimum absolute atomic E-state index is 0.0228. The lowest BCUT2D eigenvalue weighted by atomic mass is 10.1. The first-order chi connectivity index (χ1) is 11.9. The molecule has 8 heteroatoms. The maximum atomic E-state index is 12.0. The van der Waals surface area contributed by atoms with Crippen molar-refractivity contribution in [3.05, 3.63) is 0 Å². The third kappa shape index (κ3) is 5.44. The molecule has 2 saturated heterocycles. The Kier molecular flexibility index (Phi) is 6.78. The molecule has 0 bridgehead atoms. The number of amides is 6. The largest absolute Gasteiger partial charge is 0.333 e. The van der Waals surface area contributed by atoms with Gasteiger partial charge in [-0.25, -0.2) is 9.59 Å². The molecule has 140 valence electrons. The highest BCUT2D eigenvalue weighted by atomic mass is 16.2. The summed E-state index contributed by atoms with van der Waals surface area (Å²) >= 11 is 0. The van der Waals surface area contributed by atoms with Crippen molar-refractivity contribution in [3.63, 3.8) is 0 Å². The Morgan fingerprint density at radius 2 is 1.16 bits per heavy atom. The first-order valence-electron chi connectivity index (χ1n) is 9.10. The van der Waals surface area contributed by atoms with Crippen LogP contribution in [0.4, 0.5) is 9.59 Å². The van der Waals surface area contributed by atoms with Crippen molar-refractivity contribution >= 4 is 23.9 Å². The summed E-state index contributed by atoms with van der Waals surface area (Å²) in [6.07, 6.45) is 4.98. The number of hydrogen-bond acceptors (Lipinski definition) is 4. The van der Waals surface area contributed by atoms with Gasteiger partial charge in [0.2, 0.25) is 11.8 Å². The van der Waals surface area contributed by atoms with E-state index in [4.69, 9.17) is 0 Å². The lowest BCUT2D eigenvalue weighted by Gasteiger charge is -2.12. The Labute approximate surface area is 148 Å². The zero-order valence-electron chi connectivity index (χ0n) is 15.0. The van der Waals surface area contributed by atoms with Crippen LogP contribution in [0, 0.1) is 0 Å². The van der Waals surface area contributed by atoms with Gasteiger partial charge in [-0.15, -0.1) is 0 Å². The van der Waals surface area contributed by atoms with Crippen LogP contribution in [0.3, 0.4) is 0 Å². The molecule has 6 amide bonds. The summed E-state index contributed by atoms with van der Waals surface area (Å²) in [5.41, 5.74) is 0.